The third kappa shape index (κ3) is 7.23. The van der Waals surface area contributed by atoms with E-state index in [-0.39, 0.29) is 36.6 Å². The van der Waals surface area contributed by atoms with E-state index < -0.39 is 40.9 Å². The normalized spacial score (nSPS) is 19.3. The predicted molar refractivity (Wildman–Crippen MR) is 143 cm³/mol. The van der Waals surface area contributed by atoms with Crippen LogP contribution < -0.4 is 10.6 Å². The minimum atomic E-state index is -1.63. The molecule has 0 spiro atoms. The standard InChI is InChI=1S/C28H36ClN3O5/c1-16-8-6-9-18(12-16)13-21(30-25(35)20-10-7-11-23(33)17(20)2)24(34)27(37)32-15-19(29)14-22(32)26(36)31-28(3,4)5/h6-12,19,21-22,24,33-34H,13-15H2,1-5H3,(H,30,35)(H,31,36)/t19-,21-,22-,24-/m0/s1. The van der Waals surface area contributed by atoms with E-state index in [2.05, 4.69) is 10.6 Å². The Bertz CT molecular complexity index is 1160. The van der Waals surface area contributed by atoms with Gasteiger partial charge < -0.3 is 25.7 Å². The van der Waals surface area contributed by atoms with Gasteiger partial charge in [-0.1, -0.05) is 35.9 Å². The number of carbonyl (C=O) groups excluding carboxylic acids is 3. The zero-order valence-electron chi connectivity index (χ0n) is 21.9. The number of likely N-dealkylation sites (tertiary alicyclic amines) is 1. The number of amides is 3. The Morgan fingerprint density at radius 2 is 1.81 bits per heavy atom. The van der Waals surface area contributed by atoms with Crippen LogP contribution in [-0.4, -0.2) is 68.5 Å². The molecule has 0 aromatic heterocycles. The van der Waals surface area contributed by atoms with Gasteiger partial charge in [0.25, 0.3) is 11.8 Å². The second kappa shape index (κ2) is 11.5. The second-order valence-electron chi connectivity index (χ2n) is 10.7. The highest BCUT2D eigenvalue weighted by atomic mass is 35.5. The largest absolute Gasteiger partial charge is 0.508 e. The van der Waals surface area contributed by atoms with Crippen LogP contribution in [0.1, 0.15) is 54.2 Å². The van der Waals surface area contributed by atoms with Gasteiger partial charge in [-0.2, -0.15) is 0 Å². The molecule has 2 aromatic carbocycles. The number of nitrogens with one attached hydrogen (secondary N) is 2. The molecule has 0 bridgehead atoms. The van der Waals surface area contributed by atoms with E-state index in [0.29, 0.717) is 5.56 Å². The average molecular weight is 530 g/mol. The van der Waals surface area contributed by atoms with Crippen molar-refractivity contribution in [1.82, 2.24) is 15.5 Å². The van der Waals surface area contributed by atoms with Crippen LogP contribution in [0.2, 0.25) is 0 Å². The van der Waals surface area contributed by atoms with Crippen LogP contribution in [0.25, 0.3) is 0 Å². The first kappa shape index (κ1) is 28.5. The topological polar surface area (TPSA) is 119 Å². The molecule has 9 heteroatoms. The van der Waals surface area contributed by atoms with Gasteiger partial charge in [-0.3, -0.25) is 14.4 Å². The summed E-state index contributed by atoms with van der Waals surface area (Å²) in [5.41, 5.74) is 1.94. The first-order valence-electron chi connectivity index (χ1n) is 12.4. The molecular formula is C28H36ClN3O5. The highest BCUT2D eigenvalue weighted by molar-refractivity contribution is 6.21. The molecule has 8 nitrogen and oxygen atoms in total. The van der Waals surface area contributed by atoms with Crippen LogP contribution in [0.5, 0.6) is 5.75 Å². The number of halogens is 1. The van der Waals surface area contributed by atoms with Crippen molar-refractivity contribution in [1.29, 1.82) is 0 Å². The van der Waals surface area contributed by atoms with E-state index in [1.165, 1.54) is 11.0 Å². The van der Waals surface area contributed by atoms with Crippen LogP contribution in [0.15, 0.2) is 42.5 Å². The molecule has 3 rings (SSSR count). The van der Waals surface area contributed by atoms with Crippen molar-refractivity contribution < 1.29 is 24.6 Å². The SMILES string of the molecule is Cc1cccc(C[C@H](NC(=O)c2cccc(O)c2C)[C@H](O)C(=O)N2C[C@@H](Cl)C[C@H]2C(=O)NC(C)(C)C)c1. The van der Waals surface area contributed by atoms with E-state index in [1.807, 2.05) is 52.0 Å². The number of phenolic OH excluding ortho intramolecular Hbond substituents is 1. The Morgan fingerprint density at radius 1 is 1.14 bits per heavy atom. The number of carbonyl (C=O) groups is 3. The van der Waals surface area contributed by atoms with Gasteiger partial charge in [-0.25, -0.2) is 0 Å². The maximum absolute atomic E-state index is 13.6. The lowest BCUT2D eigenvalue weighted by molar-refractivity contribution is -0.146. The fourth-order valence-electron chi connectivity index (χ4n) is 4.52. The average Bonchev–Trinajstić information content (AvgIpc) is 3.20. The second-order valence-corrected chi connectivity index (χ2v) is 11.4. The zero-order chi connectivity index (χ0) is 27.5. The summed E-state index contributed by atoms with van der Waals surface area (Å²) >= 11 is 6.34. The summed E-state index contributed by atoms with van der Waals surface area (Å²) in [6.45, 7) is 9.18. The highest BCUT2D eigenvalue weighted by Crippen LogP contribution is 2.25. The fourth-order valence-corrected chi connectivity index (χ4v) is 4.84. The van der Waals surface area contributed by atoms with Gasteiger partial charge in [0.2, 0.25) is 5.91 Å². The van der Waals surface area contributed by atoms with Crippen molar-refractivity contribution >= 4 is 29.3 Å². The van der Waals surface area contributed by atoms with Gasteiger partial charge in [0, 0.05) is 23.2 Å². The fraction of sp³-hybridized carbons (Fsp3) is 0.464. The van der Waals surface area contributed by atoms with E-state index >= 15 is 0 Å². The number of rotatable bonds is 7. The molecule has 4 atom stereocenters. The summed E-state index contributed by atoms with van der Waals surface area (Å²) in [4.78, 5) is 41.0. The van der Waals surface area contributed by atoms with Crippen LogP contribution in [0.3, 0.4) is 0 Å². The van der Waals surface area contributed by atoms with Crippen LogP contribution in [-0.2, 0) is 16.0 Å². The molecule has 1 heterocycles. The van der Waals surface area contributed by atoms with Crippen LogP contribution in [0, 0.1) is 13.8 Å². The Hall–Kier alpha value is -3.10. The van der Waals surface area contributed by atoms with Crippen LogP contribution in [0.4, 0.5) is 0 Å². The lowest BCUT2D eigenvalue weighted by Crippen LogP contribution is -2.57. The third-order valence-electron chi connectivity index (χ3n) is 6.37. The molecule has 1 fully saturated rings. The van der Waals surface area contributed by atoms with Crippen LogP contribution >= 0.6 is 11.6 Å². The first-order chi connectivity index (χ1) is 17.3. The molecular weight excluding hydrogens is 494 g/mol. The van der Waals surface area contributed by atoms with Crippen molar-refractivity contribution in [3.05, 3.63) is 64.7 Å². The summed E-state index contributed by atoms with van der Waals surface area (Å²) < 4.78 is 0. The Balaban J connectivity index is 1.88. The number of phenols is 1. The molecule has 37 heavy (non-hydrogen) atoms. The summed E-state index contributed by atoms with van der Waals surface area (Å²) in [6.07, 6.45) is -1.19. The van der Waals surface area contributed by atoms with E-state index in [0.717, 1.165) is 11.1 Å². The van der Waals surface area contributed by atoms with Gasteiger partial charge in [0.1, 0.15) is 11.8 Å². The number of aryl methyl sites for hydroxylation is 1. The molecule has 0 radical (unpaired) electrons. The van der Waals surface area contributed by atoms with Gasteiger partial charge in [0.15, 0.2) is 6.10 Å². The van der Waals surface area contributed by atoms with Crippen molar-refractivity contribution in [2.45, 2.75) is 76.6 Å². The quantitative estimate of drug-likeness (QED) is 0.411. The Kier molecular flexibility index (Phi) is 8.87. The van der Waals surface area contributed by atoms with Gasteiger partial charge >= 0.3 is 0 Å². The molecule has 200 valence electrons. The molecule has 1 aliphatic heterocycles. The lowest BCUT2D eigenvalue weighted by atomic mass is 9.97. The molecule has 0 aliphatic carbocycles. The van der Waals surface area contributed by atoms with E-state index in [1.54, 1.807) is 19.1 Å². The van der Waals surface area contributed by atoms with Crippen molar-refractivity contribution in [2.75, 3.05) is 6.54 Å². The number of benzene rings is 2. The van der Waals surface area contributed by atoms with Gasteiger partial charge in [-0.05, 0) is 65.2 Å². The third-order valence-corrected chi connectivity index (χ3v) is 6.69. The minimum absolute atomic E-state index is 0.0302. The number of hydrogen-bond acceptors (Lipinski definition) is 5. The maximum Gasteiger partial charge on any atom is 0.254 e. The highest BCUT2D eigenvalue weighted by Gasteiger charge is 2.43. The summed E-state index contributed by atoms with van der Waals surface area (Å²) in [5.74, 6) is -1.58. The molecule has 0 unspecified atom stereocenters. The molecule has 0 saturated carbocycles. The zero-order valence-corrected chi connectivity index (χ0v) is 22.7. The molecule has 1 saturated heterocycles. The monoisotopic (exact) mass is 529 g/mol. The smallest absolute Gasteiger partial charge is 0.254 e. The first-order valence-corrected chi connectivity index (χ1v) is 12.8. The molecule has 2 aromatic rings. The van der Waals surface area contributed by atoms with Crippen molar-refractivity contribution in [3.63, 3.8) is 0 Å². The Morgan fingerprint density at radius 3 is 2.46 bits per heavy atom. The Labute approximate surface area is 223 Å². The number of aliphatic hydroxyl groups is 1. The van der Waals surface area contributed by atoms with Crippen molar-refractivity contribution in [2.24, 2.45) is 0 Å². The number of nitrogens with zero attached hydrogens (tertiary/aromatic N) is 1. The molecule has 1 aliphatic rings. The van der Waals surface area contributed by atoms with E-state index in [9.17, 15) is 24.6 Å². The minimum Gasteiger partial charge on any atom is -0.508 e. The summed E-state index contributed by atoms with van der Waals surface area (Å²) in [6, 6.07) is 10.3. The number of hydrogen-bond donors (Lipinski definition) is 4. The van der Waals surface area contributed by atoms with Crippen molar-refractivity contribution in [3.8, 4) is 5.75 Å². The van der Waals surface area contributed by atoms with Gasteiger partial charge in [-0.15, -0.1) is 11.6 Å². The maximum atomic E-state index is 13.6. The summed E-state index contributed by atoms with van der Waals surface area (Å²) in [7, 11) is 0. The number of alkyl halides is 1. The lowest BCUT2D eigenvalue weighted by Gasteiger charge is -2.32. The summed E-state index contributed by atoms with van der Waals surface area (Å²) in [5, 5.41) is 26.5. The number of aliphatic hydroxyl groups excluding tert-OH is 1. The van der Waals surface area contributed by atoms with E-state index in [4.69, 9.17) is 11.6 Å². The van der Waals surface area contributed by atoms with Gasteiger partial charge in [0.05, 0.1) is 11.4 Å². The molecule has 4 N–H and O–H groups in total. The number of aromatic hydroxyl groups is 1. The predicted octanol–water partition coefficient (Wildman–Crippen LogP) is 2.83. The molecule has 3 amide bonds.